The van der Waals surface area contributed by atoms with Gasteiger partial charge < -0.3 is 10.1 Å². The fraction of sp³-hybridized carbons (Fsp3) is 0.167. The Balaban J connectivity index is 1.50. The summed E-state index contributed by atoms with van der Waals surface area (Å²) in [6, 6.07) is 17.3. The summed E-state index contributed by atoms with van der Waals surface area (Å²) in [6.07, 6.45) is 1.63. The number of aryl methyl sites for hydroxylation is 1. The molecule has 1 amide bonds. The van der Waals surface area contributed by atoms with Crippen LogP contribution in [0.3, 0.4) is 0 Å². The zero-order valence-electron chi connectivity index (χ0n) is 13.3. The lowest BCUT2D eigenvalue weighted by atomic mass is 10.2. The smallest absolute Gasteiger partial charge is 0.258 e. The van der Waals surface area contributed by atoms with E-state index in [1.54, 1.807) is 11.0 Å². The molecular formula is C18H18N4O2. The molecule has 3 aromatic rings. The highest BCUT2D eigenvalue weighted by Crippen LogP contribution is 2.15. The highest BCUT2D eigenvalue weighted by atomic mass is 16.5. The second-order valence-corrected chi connectivity index (χ2v) is 5.27. The molecule has 0 bridgehead atoms. The summed E-state index contributed by atoms with van der Waals surface area (Å²) in [4.78, 5) is 16.1. The quantitative estimate of drug-likeness (QED) is 0.756. The number of carbonyl (C=O) groups excluding carboxylic acids is 1. The maximum atomic E-state index is 11.9. The Morgan fingerprint density at radius 1 is 1.12 bits per heavy atom. The molecule has 0 atom stereocenters. The van der Waals surface area contributed by atoms with Gasteiger partial charge in [0.15, 0.2) is 12.4 Å². The molecule has 24 heavy (non-hydrogen) atoms. The summed E-state index contributed by atoms with van der Waals surface area (Å²) in [7, 11) is 0. The van der Waals surface area contributed by atoms with Gasteiger partial charge in [-0.05, 0) is 30.7 Å². The van der Waals surface area contributed by atoms with Gasteiger partial charge in [0.25, 0.3) is 5.91 Å². The van der Waals surface area contributed by atoms with Gasteiger partial charge in [0.05, 0.1) is 12.2 Å². The first-order valence-corrected chi connectivity index (χ1v) is 7.63. The number of aromatic nitrogens is 3. The number of nitrogens with zero attached hydrogens (tertiary/aromatic N) is 3. The van der Waals surface area contributed by atoms with Crippen LogP contribution in [0, 0.1) is 6.92 Å². The van der Waals surface area contributed by atoms with Crippen LogP contribution < -0.4 is 10.1 Å². The van der Waals surface area contributed by atoms with E-state index in [9.17, 15) is 4.79 Å². The average molecular weight is 322 g/mol. The summed E-state index contributed by atoms with van der Waals surface area (Å²) in [5.74, 6) is 1.04. The fourth-order valence-corrected chi connectivity index (χ4v) is 2.17. The molecule has 122 valence electrons. The van der Waals surface area contributed by atoms with E-state index in [0.29, 0.717) is 11.6 Å². The van der Waals surface area contributed by atoms with E-state index < -0.39 is 0 Å². The van der Waals surface area contributed by atoms with Gasteiger partial charge in [0, 0.05) is 0 Å². The predicted octanol–water partition coefficient (Wildman–Crippen LogP) is 2.27. The SMILES string of the molecule is Cc1ccccc1OCC(=O)NCc1ncn(-c2ccccc2)n1. The Hall–Kier alpha value is -3.15. The van der Waals surface area contributed by atoms with Crippen molar-refractivity contribution in [2.24, 2.45) is 0 Å². The van der Waals surface area contributed by atoms with Crippen molar-refractivity contribution in [1.82, 2.24) is 20.1 Å². The molecule has 1 aromatic heterocycles. The Kier molecular flexibility index (Phi) is 4.86. The van der Waals surface area contributed by atoms with Crippen LogP contribution in [0.15, 0.2) is 60.9 Å². The molecule has 0 aliphatic carbocycles. The molecule has 0 spiro atoms. The number of carbonyl (C=O) groups is 1. The van der Waals surface area contributed by atoms with Crippen molar-refractivity contribution < 1.29 is 9.53 Å². The standard InChI is InChI=1S/C18H18N4O2/c1-14-7-5-6-10-16(14)24-12-18(23)19-11-17-20-13-22(21-17)15-8-3-2-4-9-15/h2-10,13H,11-12H2,1H3,(H,19,23). The lowest BCUT2D eigenvalue weighted by Gasteiger charge is -2.08. The highest BCUT2D eigenvalue weighted by Gasteiger charge is 2.07. The predicted molar refractivity (Wildman–Crippen MR) is 89.9 cm³/mol. The maximum absolute atomic E-state index is 11.9. The second-order valence-electron chi connectivity index (χ2n) is 5.27. The van der Waals surface area contributed by atoms with Crippen LogP contribution in [-0.4, -0.2) is 27.3 Å². The van der Waals surface area contributed by atoms with Crippen molar-refractivity contribution in [1.29, 1.82) is 0 Å². The first-order chi connectivity index (χ1) is 11.7. The van der Waals surface area contributed by atoms with E-state index in [4.69, 9.17) is 4.74 Å². The summed E-state index contributed by atoms with van der Waals surface area (Å²) in [6.45, 7) is 2.16. The molecule has 0 saturated heterocycles. The molecule has 0 unspecified atom stereocenters. The van der Waals surface area contributed by atoms with E-state index in [1.165, 1.54) is 0 Å². The number of hydrogen-bond acceptors (Lipinski definition) is 4. The van der Waals surface area contributed by atoms with E-state index in [1.807, 2.05) is 61.5 Å². The third-order valence-electron chi connectivity index (χ3n) is 3.46. The minimum Gasteiger partial charge on any atom is -0.484 e. The van der Waals surface area contributed by atoms with Crippen molar-refractivity contribution in [2.75, 3.05) is 6.61 Å². The molecule has 0 fully saturated rings. The molecule has 0 aliphatic rings. The number of amides is 1. The molecule has 0 radical (unpaired) electrons. The van der Waals surface area contributed by atoms with Crippen LogP contribution in [0.1, 0.15) is 11.4 Å². The number of rotatable bonds is 6. The third kappa shape index (κ3) is 3.98. The van der Waals surface area contributed by atoms with Crippen LogP contribution in [0.4, 0.5) is 0 Å². The first kappa shape index (κ1) is 15.7. The molecule has 3 rings (SSSR count). The van der Waals surface area contributed by atoms with Gasteiger partial charge in [-0.15, -0.1) is 5.10 Å². The molecule has 6 heteroatoms. The first-order valence-electron chi connectivity index (χ1n) is 7.63. The number of ether oxygens (including phenoxy) is 1. The zero-order valence-corrected chi connectivity index (χ0v) is 13.3. The Morgan fingerprint density at radius 3 is 2.67 bits per heavy atom. The normalized spacial score (nSPS) is 10.4. The summed E-state index contributed by atoms with van der Waals surface area (Å²) < 4.78 is 7.18. The number of para-hydroxylation sites is 2. The largest absolute Gasteiger partial charge is 0.484 e. The molecule has 1 N–H and O–H groups in total. The minimum atomic E-state index is -0.214. The number of hydrogen-bond donors (Lipinski definition) is 1. The molecular weight excluding hydrogens is 304 g/mol. The van der Waals surface area contributed by atoms with Gasteiger partial charge >= 0.3 is 0 Å². The van der Waals surface area contributed by atoms with Gasteiger partial charge in [-0.25, -0.2) is 9.67 Å². The van der Waals surface area contributed by atoms with Crippen LogP contribution >= 0.6 is 0 Å². The van der Waals surface area contributed by atoms with Crippen LogP contribution in [-0.2, 0) is 11.3 Å². The van der Waals surface area contributed by atoms with E-state index in [-0.39, 0.29) is 19.1 Å². The lowest BCUT2D eigenvalue weighted by Crippen LogP contribution is -2.29. The summed E-state index contributed by atoms with van der Waals surface area (Å²) >= 11 is 0. The van der Waals surface area contributed by atoms with Gasteiger partial charge in [-0.1, -0.05) is 36.4 Å². The van der Waals surface area contributed by atoms with Crippen molar-refractivity contribution in [3.05, 3.63) is 72.3 Å². The number of benzene rings is 2. The van der Waals surface area contributed by atoms with E-state index >= 15 is 0 Å². The van der Waals surface area contributed by atoms with E-state index in [0.717, 1.165) is 11.3 Å². The molecule has 0 aliphatic heterocycles. The minimum absolute atomic E-state index is 0.0375. The third-order valence-corrected chi connectivity index (χ3v) is 3.46. The van der Waals surface area contributed by atoms with E-state index in [2.05, 4.69) is 15.4 Å². The highest BCUT2D eigenvalue weighted by molar-refractivity contribution is 5.77. The van der Waals surface area contributed by atoms with Crippen molar-refractivity contribution in [3.63, 3.8) is 0 Å². The van der Waals surface area contributed by atoms with Crippen molar-refractivity contribution >= 4 is 5.91 Å². The van der Waals surface area contributed by atoms with Crippen LogP contribution in [0.2, 0.25) is 0 Å². The maximum Gasteiger partial charge on any atom is 0.258 e. The Bertz CT molecular complexity index is 815. The second kappa shape index (κ2) is 7.41. The van der Waals surface area contributed by atoms with Gasteiger partial charge in [-0.2, -0.15) is 0 Å². The molecule has 0 saturated carbocycles. The Morgan fingerprint density at radius 2 is 1.88 bits per heavy atom. The fourth-order valence-electron chi connectivity index (χ4n) is 2.17. The van der Waals surface area contributed by atoms with Crippen LogP contribution in [0.25, 0.3) is 5.69 Å². The van der Waals surface area contributed by atoms with Crippen molar-refractivity contribution in [2.45, 2.75) is 13.5 Å². The van der Waals surface area contributed by atoms with Gasteiger partial charge in [0.1, 0.15) is 12.1 Å². The van der Waals surface area contributed by atoms with Gasteiger partial charge in [-0.3, -0.25) is 4.79 Å². The Labute approximate surface area is 140 Å². The summed E-state index contributed by atoms with van der Waals surface area (Å²) in [5.41, 5.74) is 1.92. The van der Waals surface area contributed by atoms with Gasteiger partial charge in [0.2, 0.25) is 0 Å². The van der Waals surface area contributed by atoms with Crippen molar-refractivity contribution in [3.8, 4) is 11.4 Å². The number of nitrogens with one attached hydrogen (secondary N) is 1. The lowest BCUT2D eigenvalue weighted by molar-refractivity contribution is -0.123. The average Bonchev–Trinajstić information content (AvgIpc) is 3.09. The molecule has 2 aromatic carbocycles. The summed E-state index contributed by atoms with van der Waals surface area (Å²) in [5, 5.41) is 7.09. The van der Waals surface area contributed by atoms with Crippen LogP contribution in [0.5, 0.6) is 5.75 Å². The molecule has 6 nitrogen and oxygen atoms in total. The monoisotopic (exact) mass is 322 g/mol. The zero-order chi connectivity index (χ0) is 16.8. The topological polar surface area (TPSA) is 69.0 Å². The molecule has 1 heterocycles.